The van der Waals surface area contributed by atoms with Gasteiger partial charge in [0.1, 0.15) is 5.82 Å². The molecule has 0 radical (unpaired) electrons. The van der Waals surface area contributed by atoms with Crippen molar-refractivity contribution in [3.8, 4) is 17.5 Å². The zero-order valence-electron chi connectivity index (χ0n) is 12.9. The highest BCUT2D eigenvalue weighted by molar-refractivity contribution is 5.80. The van der Waals surface area contributed by atoms with Crippen LogP contribution in [0.25, 0.3) is 22.4 Å². The standard InChI is InChI=1S/C20H14N4/c21-13-16-5-1-2-6-17(16)14-24-19-8-4-3-7-18(19)23-20(24)15-9-11-22-12-10-15/h1-12H,14H2. The molecule has 0 aliphatic rings. The van der Waals surface area contributed by atoms with Crippen LogP contribution in [0.1, 0.15) is 11.1 Å². The third kappa shape index (κ3) is 2.42. The molecule has 0 aliphatic carbocycles. The van der Waals surface area contributed by atoms with Gasteiger partial charge >= 0.3 is 0 Å². The second-order valence-corrected chi connectivity index (χ2v) is 5.52. The number of hydrogen-bond acceptors (Lipinski definition) is 3. The zero-order chi connectivity index (χ0) is 16.4. The van der Waals surface area contributed by atoms with Crippen molar-refractivity contribution in [1.82, 2.24) is 14.5 Å². The molecule has 0 unspecified atom stereocenters. The van der Waals surface area contributed by atoms with Crippen LogP contribution in [0.5, 0.6) is 0 Å². The van der Waals surface area contributed by atoms with Crippen molar-refractivity contribution in [2.24, 2.45) is 0 Å². The molecule has 2 aromatic heterocycles. The van der Waals surface area contributed by atoms with Crippen molar-refractivity contribution in [1.29, 1.82) is 5.26 Å². The number of pyridine rings is 1. The van der Waals surface area contributed by atoms with E-state index in [4.69, 9.17) is 4.98 Å². The Balaban J connectivity index is 1.92. The molecule has 0 saturated carbocycles. The number of nitrogens with zero attached hydrogens (tertiary/aromatic N) is 4. The molecule has 0 atom stereocenters. The van der Waals surface area contributed by atoms with Gasteiger partial charge in [0.05, 0.1) is 29.2 Å². The van der Waals surface area contributed by atoms with Gasteiger partial charge in [-0.15, -0.1) is 0 Å². The third-order valence-corrected chi connectivity index (χ3v) is 4.06. The number of hydrogen-bond donors (Lipinski definition) is 0. The van der Waals surface area contributed by atoms with Crippen LogP contribution in [-0.2, 0) is 6.54 Å². The summed E-state index contributed by atoms with van der Waals surface area (Å²) in [5.74, 6) is 0.881. The Kier molecular flexibility index (Phi) is 3.53. The predicted octanol–water partition coefficient (Wildman–Crippen LogP) is 4.02. The molecule has 0 saturated heterocycles. The third-order valence-electron chi connectivity index (χ3n) is 4.06. The Bertz CT molecular complexity index is 1040. The SMILES string of the molecule is N#Cc1ccccc1Cn1c(-c2ccncc2)nc2ccccc21. The minimum atomic E-state index is 0.599. The van der Waals surface area contributed by atoms with E-state index in [1.807, 2.05) is 54.6 Å². The Morgan fingerprint density at radius 2 is 1.67 bits per heavy atom. The molecule has 0 fully saturated rings. The first-order valence-electron chi connectivity index (χ1n) is 7.70. The lowest BCUT2D eigenvalue weighted by Gasteiger charge is -2.10. The van der Waals surface area contributed by atoms with Crippen molar-refractivity contribution >= 4 is 11.0 Å². The molecule has 0 aliphatic heterocycles. The minimum absolute atomic E-state index is 0.599. The van der Waals surface area contributed by atoms with Crippen LogP contribution in [0.3, 0.4) is 0 Å². The summed E-state index contributed by atoms with van der Waals surface area (Å²) in [4.78, 5) is 8.87. The maximum atomic E-state index is 9.36. The molecule has 2 aromatic carbocycles. The highest BCUT2D eigenvalue weighted by atomic mass is 15.1. The van der Waals surface area contributed by atoms with E-state index in [1.165, 1.54) is 0 Å². The highest BCUT2D eigenvalue weighted by Crippen LogP contribution is 2.26. The monoisotopic (exact) mass is 310 g/mol. The van der Waals surface area contributed by atoms with E-state index in [2.05, 4.69) is 21.7 Å². The van der Waals surface area contributed by atoms with E-state index in [-0.39, 0.29) is 0 Å². The van der Waals surface area contributed by atoms with Gasteiger partial charge in [0.25, 0.3) is 0 Å². The summed E-state index contributed by atoms with van der Waals surface area (Å²) < 4.78 is 2.15. The van der Waals surface area contributed by atoms with Gasteiger partial charge in [0, 0.05) is 18.0 Å². The molecule has 4 rings (SSSR count). The van der Waals surface area contributed by atoms with Gasteiger partial charge in [-0.3, -0.25) is 4.98 Å². The average molecular weight is 310 g/mol. The molecule has 0 bridgehead atoms. The molecule has 4 nitrogen and oxygen atoms in total. The summed E-state index contributed by atoms with van der Waals surface area (Å²) >= 11 is 0. The molecule has 2 heterocycles. The zero-order valence-corrected chi connectivity index (χ0v) is 12.9. The summed E-state index contributed by atoms with van der Waals surface area (Å²) in [5.41, 5.74) is 4.68. The first-order chi connectivity index (χ1) is 11.9. The van der Waals surface area contributed by atoms with Gasteiger partial charge in [-0.05, 0) is 35.9 Å². The number of nitriles is 1. The summed E-state index contributed by atoms with van der Waals surface area (Å²) in [6.07, 6.45) is 3.53. The minimum Gasteiger partial charge on any atom is -0.319 e. The van der Waals surface area contributed by atoms with Crippen molar-refractivity contribution in [3.05, 3.63) is 84.2 Å². The number of rotatable bonds is 3. The maximum Gasteiger partial charge on any atom is 0.141 e. The van der Waals surface area contributed by atoms with Crippen LogP contribution in [0.2, 0.25) is 0 Å². The molecule has 24 heavy (non-hydrogen) atoms. The molecule has 0 spiro atoms. The molecule has 0 amide bonds. The molecule has 0 N–H and O–H groups in total. The van der Waals surface area contributed by atoms with Crippen molar-refractivity contribution < 1.29 is 0 Å². The van der Waals surface area contributed by atoms with Crippen LogP contribution in [0.15, 0.2) is 73.1 Å². The fourth-order valence-corrected chi connectivity index (χ4v) is 2.89. The lowest BCUT2D eigenvalue weighted by molar-refractivity contribution is 0.831. The average Bonchev–Trinajstić information content (AvgIpc) is 3.02. The topological polar surface area (TPSA) is 54.5 Å². The lowest BCUT2D eigenvalue weighted by Crippen LogP contribution is -2.04. The second kappa shape index (κ2) is 5.98. The second-order valence-electron chi connectivity index (χ2n) is 5.52. The van der Waals surface area contributed by atoms with Crippen LogP contribution >= 0.6 is 0 Å². The Morgan fingerprint density at radius 1 is 0.917 bits per heavy atom. The molecule has 4 heteroatoms. The molecular weight excluding hydrogens is 296 g/mol. The van der Waals surface area contributed by atoms with E-state index in [1.54, 1.807) is 12.4 Å². The first-order valence-corrected chi connectivity index (χ1v) is 7.70. The maximum absolute atomic E-state index is 9.36. The van der Waals surface area contributed by atoms with Gasteiger partial charge in [0.2, 0.25) is 0 Å². The number of para-hydroxylation sites is 2. The van der Waals surface area contributed by atoms with Crippen LogP contribution in [-0.4, -0.2) is 14.5 Å². The van der Waals surface area contributed by atoms with Gasteiger partial charge in [-0.1, -0.05) is 30.3 Å². The predicted molar refractivity (Wildman–Crippen MR) is 93.2 cm³/mol. The van der Waals surface area contributed by atoms with Gasteiger partial charge in [0.15, 0.2) is 0 Å². The van der Waals surface area contributed by atoms with Gasteiger partial charge < -0.3 is 4.57 Å². The Hall–Kier alpha value is -3.45. The van der Waals surface area contributed by atoms with Crippen LogP contribution in [0.4, 0.5) is 0 Å². The molecular formula is C20H14N4. The highest BCUT2D eigenvalue weighted by Gasteiger charge is 2.13. The van der Waals surface area contributed by atoms with Crippen LogP contribution in [0, 0.1) is 11.3 Å². The smallest absolute Gasteiger partial charge is 0.141 e. The largest absolute Gasteiger partial charge is 0.319 e. The summed E-state index contributed by atoms with van der Waals surface area (Å²) in [7, 11) is 0. The number of fused-ring (bicyclic) bond motifs is 1. The fraction of sp³-hybridized carbons (Fsp3) is 0.0500. The summed E-state index contributed by atoms with van der Waals surface area (Å²) in [6.45, 7) is 0.599. The van der Waals surface area contributed by atoms with Crippen LogP contribution < -0.4 is 0 Å². The number of benzene rings is 2. The van der Waals surface area contributed by atoms with Gasteiger partial charge in [-0.25, -0.2) is 4.98 Å². The summed E-state index contributed by atoms with van der Waals surface area (Å²) in [5, 5.41) is 9.36. The van der Waals surface area contributed by atoms with Gasteiger partial charge in [-0.2, -0.15) is 5.26 Å². The van der Waals surface area contributed by atoms with E-state index >= 15 is 0 Å². The van der Waals surface area contributed by atoms with Crippen molar-refractivity contribution in [2.75, 3.05) is 0 Å². The molecule has 4 aromatic rings. The lowest BCUT2D eigenvalue weighted by atomic mass is 10.1. The first kappa shape index (κ1) is 14.2. The van der Waals surface area contributed by atoms with Crippen molar-refractivity contribution in [3.63, 3.8) is 0 Å². The molecule has 114 valence electrons. The Labute approximate surface area is 139 Å². The van der Waals surface area contributed by atoms with E-state index in [0.717, 1.165) is 28.0 Å². The van der Waals surface area contributed by atoms with Crippen molar-refractivity contribution in [2.45, 2.75) is 6.54 Å². The van der Waals surface area contributed by atoms with E-state index in [0.29, 0.717) is 12.1 Å². The quantitative estimate of drug-likeness (QED) is 0.574. The summed E-state index contributed by atoms with van der Waals surface area (Å²) in [6, 6.07) is 21.9. The number of imidazole rings is 1. The van der Waals surface area contributed by atoms with E-state index < -0.39 is 0 Å². The Morgan fingerprint density at radius 3 is 2.50 bits per heavy atom. The normalized spacial score (nSPS) is 10.6. The fourth-order valence-electron chi connectivity index (χ4n) is 2.89. The van der Waals surface area contributed by atoms with E-state index in [9.17, 15) is 5.26 Å². The number of aromatic nitrogens is 3.